The monoisotopic (exact) mass is 316 g/mol. The van der Waals surface area contributed by atoms with Gasteiger partial charge in [-0.3, -0.25) is 9.71 Å². The number of nitrogens with zero attached hydrogens (tertiary/aromatic N) is 2. The van der Waals surface area contributed by atoms with Gasteiger partial charge in [0.25, 0.3) is 10.0 Å². The number of rotatable bonds is 4. The summed E-state index contributed by atoms with van der Waals surface area (Å²) in [6.07, 6.45) is 3.31. The highest BCUT2D eigenvalue weighted by Crippen LogP contribution is 2.24. The van der Waals surface area contributed by atoms with E-state index in [-0.39, 0.29) is 15.6 Å². The molecule has 2 heterocycles. The lowest BCUT2D eigenvalue weighted by atomic mass is 10.4. The van der Waals surface area contributed by atoms with Crippen LogP contribution in [0.3, 0.4) is 0 Å². The van der Waals surface area contributed by atoms with Crippen molar-refractivity contribution in [3.63, 3.8) is 0 Å². The molecule has 2 N–H and O–H groups in total. The fraction of sp³-hybridized carbons (Fsp3) is 0.0909. The molecule has 9 heteroatoms. The Morgan fingerprint density at radius 3 is 2.70 bits per heavy atom. The summed E-state index contributed by atoms with van der Waals surface area (Å²) in [6, 6.07) is 2.44. The standard InChI is InChI=1S/C11H10ClFN4O2S/c1-14-11-8(12)4-7(5-16-11)20(18,19)17-10-2-3-15-6-9(10)13/h2-6H,1H3,(H,14,16)(H,15,17). The SMILES string of the molecule is CNc1ncc(S(=O)(=O)Nc2ccncc2F)cc1Cl. The summed E-state index contributed by atoms with van der Waals surface area (Å²) in [4.78, 5) is 7.22. The Morgan fingerprint density at radius 2 is 2.10 bits per heavy atom. The van der Waals surface area contributed by atoms with Crippen LogP contribution in [-0.2, 0) is 10.0 Å². The molecule has 0 spiro atoms. The van der Waals surface area contributed by atoms with Gasteiger partial charge in [0.15, 0.2) is 5.82 Å². The normalized spacial score (nSPS) is 11.2. The molecule has 0 fully saturated rings. The van der Waals surface area contributed by atoms with Gasteiger partial charge in [0.05, 0.1) is 16.9 Å². The van der Waals surface area contributed by atoms with E-state index in [2.05, 4.69) is 20.0 Å². The van der Waals surface area contributed by atoms with Gasteiger partial charge in [0, 0.05) is 19.4 Å². The second-order valence-electron chi connectivity index (χ2n) is 3.71. The highest BCUT2D eigenvalue weighted by atomic mass is 35.5. The predicted molar refractivity (Wildman–Crippen MR) is 73.8 cm³/mol. The molecule has 0 saturated carbocycles. The Labute approximate surface area is 120 Å². The van der Waals surface area contributed by atoms with Crippen molar-refractivity contribution in [2.45, 2.75) is 4.90 Å². The Kier molecular flexibility index (Phi) is 4.05. The summed E-state index contributed by atoms with van der Waals surface area (Å²) in [5, 5.41) is 2.85. The third-order valence-electron chi connectivity index (χ3n) is 2.38. The van der Waals surface area contributed by atoms with Gasteiger partial charge in [-0.1, -0.05) is 11.6 Å². The van der Waals surface area contributed by atoms with Crippen molar-refractivity contribution in [2.75, 3.05) is 17.1 Å². The van der Waals surface area contributed by atoms with Gasteiger partial charge < -0.3 is 5.32 Å². The van der Waals surface area contributed by atoms with Crippen LogP contribution in [0.5, 0.6) is 0 Å². The quantitative estimate of drug-likeness (QED) is 0.902. The fourth-order valence-electron chi connectivity index (χ4n) is 1.41. The predicted octanol–water partition coefficient (Wildman–Crippen LogP) is 2.11. The van der Waals surface area contributed by atoms with E-state index in [0.29, 0.717) is 5.82 Å². The molecule has 0 aliphatic carbocycles. The molecule has 0 amide bonds. The van der Waals surface area contributed by atoms with E-state index in [0.717, 1.165) is 12.4 Å². The summed E-state index contributed by atoms with van der Waals surface area (Å²) >= 11 is 5.87. The largest absolute Gasteiger partial charge is 0.372 e. The third kappa shape index (κ3) is 2.97. The molecule has 0 aromatic carbocycles. The van der Waals surface area contributed by atoms with Crippen molar-refractivity contribution in [1.82, 2.24) is 9.97 Å². The maximum absolute atomic E-state index is 13.4. The number of sulfonamides is 1. The Balaban J connectivity index is 2.36. The summed E-state index contributed by atoms with van der Waals surface area (Å²) in [5.74, 6) is -0.428. The first-order chi connectivity index (χ1) is 9.44. The zero-order valence-corrected chi connectivity index (χ0v) is 11.8. The molecule has 106 valence electrons. The topological polar surface area (TPSA) is 84.0 Å². The van der Waals surface area contributed by atoms with Crippen molar-refractivity contribution < 1.29 is 12.8 Å². The molecule has 0 bridgehead atoms. The molecule has 0 saturated heterocycles. The first-order valence-electron chi connectivity index (χ1n) is 5.39. The number of hydrogen-bond donors (Lipinski definition) is 2. The lowest BCUT2D eigenvalue weighted by molar-refractivity contribution is 0.597. The van der Waals surface area contributed by atoms with E-state index >= 15 is 0 Å². The van der Waals surface area contributed by atoms with Crippen LogP contribution in [0.25, 0.3) is 0 Å². The van der Waals surface area contributed by atoms with E-state index in [9.17, 15) is 12.8 Å². The highest BCUT2D eigenvalue weighted by Gasteiger charge is 2.18. The van der Waals surface area contributed by atoms with Gasteiger partial charge in [-0.25, -0.2) is 17.8 Å². The Bertz CT molecular complexity index is 739. The smallest absolute Gasteiger partial charge is 0.263 e. The van der Waals surface area contributed by atoms with Crippen LogP contribution in [0.4, 0.5) is 15.9 Å². The number of anilines is 2. The molecule has 20 heavy (non-hydrogen) atoms. The molecule has 0 radical (unpaired) electrons. The molecule has 0 aliphatic heterocycles. The van der Waals surface area contributed by atoms with Gasteiger partial charge in [0.2, 0.25) is 0 Å². The van der Waals surface area contributed by atoms with Gasteiger partial charge in [-0.15, -0.1) is 0 Å². The number of aromatic nitrogens is 2. The van der Waals surface area contributed by atoms with Crippen LogP contribution in [0.1, 0.15) is 0 Å². The van der Waals surface area contributed by atoms with E-state index in [4.69, 9.17) is 11.6 Å². The summed E-state index contributed by atoms with van der Waals surface area (Å²) in [7, 11) is -2.37. The minimum atomic E-state index is -3.98. The van der Waals surface area contributed by atoms with Gasteiger partial charge in [-0.2, -0.15) is 0 Å². The number of halogens is 2. The lowest BCUT2D eigenvalue weighted by Gasteiger charge is -2.09. The fourth-order valence-corrected chi connectivity index (χ4v) is 2.78. The van der Waals surface area contributed by atoms with Crippen molar-refractivity contribution in [3.8, 4) is 0 Å². The van der Waals surface area contributed by atoms with Crippen LogP contribution in [0.15, 0.2) is 35.6 Å². The molecule has 0 aliphatic rings. The second-order valence-corrected chi connectivity index (χ2v) is 5.80. The summed E-state index contributed by atoms with van der Waals surface area (Å²) in [6.45, 7) is 0. The maximum Gasteiger partial charge on any atom is 0.263 e. The number of hydrogen-bond acceptors (Lipinski definition) is 5. The van der Waals surface area contributed by atoms with Gasteiger partial charge in [-0.05, 0) is 12.1 Å². The molecular weight excluding hydrogens is 307 g/mol. The van der Waals surface area contributed by atoms with Crippen LogP contribution >= 0.6 is 11.6 Å². The Hall–Kier alpha value is -1.93. The zero-order valence-electron chi connectivity index (χ0n) is 10.3. The first-order valence-corrected chi connectivity index (χ1v) is 7.26. The molecule has 0 atom stereocenters. The molecular formula is C11H10ClFN4O2S. The van der Waals surface area contributed by atoms with E-state index in [1.807, 2.05) is 0 Å². The van der Waals surface area contributed by atoms with E-state index in [1.54, 1.807) is 7.05 Å². The van der Waals surface area contributed by atoms with Crippen LogP contribution < -0.4 is 10.0 Å². The molecule has 6 nitrogen and oxygen atoms in total. The summed E-state index contributed by atoms with van der Waals surface area (Å²) < 4.78 is 39.7. The minimum absolute atomic E-state index is 0.144. The van der Waals surface area contributed by atoms with Gasteiger partial charge in [0.1, 0.15) is 10.7 Å². The maximum atomic E-state index is 13.4. The minimum Gasteiger partial charge on any atom is -0.372 e. The number of nitrogens with one attached hydrogen (secondary N) is 2. The molecule has 2 rings (SSSR count). The van der Waals surface area contributed by atoms with Crippen molar-refractivity contribution in [3.05, 3.63) is 41.6 Å². The highest BCUT2D eigenvalue weighted by molar-refractivity contribution is 7.92. The van der Waals surface area contributed by atoms with Crippen molar-refractivity contribution in [2.24, 2.45) is 0 Å². The van der Waals surface area contributed by atoms with Gasteiger partial charge >= 0.3 is 0 Å². The average molecular weight is 317 g/mol. The second kappa shape index (κ2) is 5.59. The van der Waals surface area contributed by atoms with Crippen LogP contribution in [0, 0.1) is 5.82 Å². The van der Waals surface area contributed by atoms with Crippen LogP contribution in [0.2, 0.25) is 5.02 Å². The van der Waals surface area contributed by atoms with E-state index in [1.165, 1.54) is 18.3 Å². The zero-order chi connectivity index (χ0) is 14.8. The van der Waals surface area contributed by atoms with Crippen molar-refractivity contribution in [1.29, 1.82) is 0 Å². The van der Waals surface area contributed by atoms with E-state index < -0.39 is 15.8 Å². The third-order valence-corrected chi connectivity index (χ3v) is 4.00. The van der Waals surface area contributed by atoms with Crippen LogP contribution in [-0.4, -0.2) is 25.4 Å². The van der Waals surface area contributed by atoms with Crippen molar-refractivity contribution >= 4 is 33.1 Å². The average Bonchev–Trinajstić information content (AvgIpc) is 2.41. The number of pyridine rings is 2. The molecule has 0 unspecified atom stereocenters. The first kappa shape index (κ1) is 14.5. The summed E-state index contributed by atoms with van der Waals surface area (Å²) in [5.41, 5.74) is -0.200. The Morgan fingerprint density at radius 1 is 1.35 bits per heavy atom. The molecule has 2 aromatic heterocycles. The molecule has 2 aromatic rings. The lowest BCUT2D eigenvalue weighted by Crippen LogP contribution is -2.14.